The average molecular weight is 922 g/mol. The fraction of sp³-hybridized carbons (Fsp3) is 0.0294. The highest BCUT2D eigenvalue weighted by Gasteiger charge is 2.52. The number of fused-ring (bicyclic) bond motifs is 18. The van der Waals surface area contributed by atoms with Crippen LogP contribution in [0, 0.1) is 0 Å². The summed E-state index contributed by atoms with van der Waals surface area (Å²) in [5.74, 6) is 1.77. The van der Waals surface area contributed by atoms with Gasteiger partial charge in [0.25, 0.3) is 0 Å². The number of hydrogen-bond donors (Lipinski definition) is 0. The van der Waals surface area contributed by atoms with Crippen LogP contribution in [0.25, 0.3) is 44.5 Å². The van der Waals surface area contributed by atoms with Crippen LogP contribution in [0.3, 0.4) is 0 Å². The Bertz CT molecular complexity index is 3680. The maximum absolute atomic E-state index is 6.75. The van der Waals surface area contributed by atoms with Gasteiger partial charge in [-0.15, -0.1) is 0 Å². The van der Waals surface area contributed by atoms with E-state index in [1.165, 1.54) is 87.7 Å². The number of para-hydroxylation sites is 2. The molecule has 0 saturated carbocycles. The molecule has 0 radical (unpaired) electrons. The number of anilines is 3. The quantitative estimate of drug-likeness (QED) is 0.171. The van der Waals surface area contributed by atoms with Crippen LogP contribution in [-0.2, 0) is 10.8 Å². The van der Waals surface area contributed by atoms with Crippen LogP contribution >= 0.6 is 11.8 Å². The summed E-state index contributed by atoms with van der Waals surface area (Å²) in [6.45, 7) is 0. The normalized spacial score (nSPS) is 14.2. The molecule has 0 unspecified atom stereocenters. The SMILES string of the molecule is c1ccc(-c2cccc(-c3ccc(N(c4ccc5c(c4)C4(c6ccccc6Oc6ccccc64)c4ccccc4-5)c4ccc5c(c4)C4(c6ccccc6Sc6ccccc64)c4ccccc4-5)cc3)c2)cc1. The predicted molar refractivity (Wildman–Crippen MR) is 291 cm³/mol. The molecule has 11 aromatic rings. The van der Waals surface area contributed by atoms with Gasteiger partial charge in [-0.1, -0.05) is 206 Å². The van der Waals surface area contributed by atoms with Gasteiger partial charge in [0.05, 0.1) is 10.8 Å². The summed E-state index contributed by atoms with van der Waals surface area (Å²) in [7, 11) is 0. The van der Waals surface area contributed by atoms with E-state index >= 15 is 0 Å². The lowest BCUT2D eigenvalue weighted by Gasteiger charge is -2.40. The third-order valence-corrected chi connectivity index (χ3v) is 16.8. The summed E-state index contributed by atoms with van der Waals surface area (Å²) < 4.78 is 6.75. The van der Waals surface area contributed by atoms with E-state index in [1.54, 1.807) is 0 Å². The van der Waals surface area contributed by atoms with Crippen molar-refractivity contribution in [1.82, 2.24) is 0 Å². The molecule has 71 heavy (non-hydrogen) atoms. The van der Waals surface area contributed by atoms with Gasteiger partial charge in [0.1, 0.15) is 11.5 Å². The third-order valence-electron chi connectivity index (χ3n) is 15.6. The van der Waals surface area contributed by atoms with Crippen LogP contribution in [0.4, 0.5) is 17.1 Å². The van der Waals surface area contributed by atoms with Gasteiger partial charge in [0.15, 0.2) is 0 Å². The second kappa shape index (κ2) is 15.4. The molecule has 15 rings (SSSR count). The van der Waals surface area contributed by atoms with Crippen molar-refractivity contribution in [2.45, 2.75) is 20.6 Å². The molecule has 0 aromatic heterocycles. The first-order chi connectivity index (χ1) is 35.2. The van der Waals surface area contributed by atoms with E-state index in [4.69, 9.17) is 4.74 Å². The van der Waals surface area contributed by atoms with E-state index in [9.17, 15) is 0 Å². The second-order valence-corrected chi connectivity index (χ2v) is 20.2. The minimum Gasteiger partial charge on any atom is -0.457 e. The van der Waals surface area contributed by atoms with Crippen LogP contribution in [0.2, 0.25) is 0 Å². The minimum absolute atomic E-state index is 0.515. The molecule has 2 spiro atoms. The lowest BCUT2D eigenvalue weighted by Crippen LogP contribution is -2.32. The molecule has 11 aromatic carbocycles. The van der Waals surface area contributed by atoms with E-state index in [1.807, 2.05) is 11.8 Å². The second-order valence-electron chi connectivity index (χ2n) is 19.1. The molecule has 2 nitrogen and oxygen atoms in total. The molecular formula is C68H43NOS. The highest BCUT2D eigenvalue weighted by atomic mass is 32.2. The maximum atomic E-state index is 6.75. The Hall–Kier alpha value is -8.63. The summed E-state index contributed by atoms with van der Waals surface area (Å²) in [5.41, 5.74) is 22.1. The zero-order valence-electron chi connectivity index (χ0n) is 38.6. The number of rotatable bonds is 5. The zero-order chi connectivity index (χ0) is 46.7. The summed E-state index contributed by atoms with van der Waals surface area (Å²) in [6.07, 6.45) is 0. The van der Waals surface area contributed by atoms with Crippen molar-refractivity contribution < 1.29 is 4.74 Å². The van der Waals surface area contributed by atoms with E-state index in [0.717, 1.165) is 39.7 Å². The molecule has 0 fully saturated rings. The van der Waals surface area contributed by atoms with Gasteiger partial charge in [-0.3, -0.25) is 0 Å². The van der Waals surface area contributed by atoms with Crippen LogP contribution in [0.1, 0.15) is 44.5 Å². The molecule has 2 heterocycles. The molecular weight excluding hydrogens is 879 g/mol. The lowest BCUT2D eigenvalue weighted by molar-refractivity contribution is 0.436. The molecule has 0 N–H and O–H groups in total. The van der Waals surface area contributed by atoms with E-state index in [2.05, 4.69) is 266 Å². The molecule has 0 amide bonds. The monoisotopic (exact) mass is 921 g/mol. The Morgan fingerprint density at radius 2 is 0.662 bits per heavy atom. The third kappa shape index (κ3) is 5.67. The van der Waals surface area contributed by atoms with E-state index < -0.39 is 10.8 Å². The van der Waals surface area contributed by atoms with Crippen molar-refractivity contribution in [3.05, 3.63) is 305 Å². The highest BCUT2D eigenvalue weighted by Crippen LogP contribution is 2.65. The Labute approximate surface area is 418 Å². The molecule has 332 valence electrons. The van der Waals surface area contributed by atoms with Gasteiger partial charge in [0.2, 0.25) is 0 Å². The van der Waals surface area contributed by atoms with Gasteiger partial charge in [-0.25, -0.2) is 0 Å². The number of hydrogen-bond acceptors (Lipinski definition) is 3. The molecule has 2 aliphatic carbocycles. The van der Waals surface area contributed by atoms with Crippen molar-refractivity contribution in [3.8, 4) is 56.0 Å². The van der Waals surface area contributed by atoms with Gasteiger partial charge in [-0.05, 0) is 145 Å². The fourth-order valence-electron chi connectivity index (χ4n) is 12.7. The van der Waals surface area contributed by atoms with E-state index in [-0.39, 0.29) is 0 Å². The molecule has 0 bridgehead atoms. The first-order valence-electron chi connectivity index (χ1n) is 24.5. The lowest BCUT2D eigenvalue weighted by atomic mass is 9.66. The standard InChI is InChI=1S/C68H43NOS/c1-2-17-44(18-3-1)46-19-16-20-47(41-46)45-33-35-48(36-34-45)69(49-37-39-53-51-21-4-6-23-55(51)67(61(53)42-49)57-25-8-12-29-63(57)70-64-30-13-9-26-58(64)67)50-38-40-54-52-22-5-7-24-56(52)68(62(54)43-50)59-27-10-14-31-65(59)71-66-32-15-11-28-60(66)68/h1-43H. The molecule has 3 heteroatoms. The smallest absolute Gasteiger partial charge is 0.132 e. The molecule has 0 atom stereocenters. The minimum atomic E-state index is -0.608. The van der Waals surface area contributed by atoms with Crippen molar-refractivity contribution in [1.29, 1.82) is 0 Å². The summed E-state index contributed by atoms with van der Waals surface area (Å²) in [6, 6.07) is 96.6. The van der Waals surface area contributed by atoms with Crippen molar-refractivity contribution in [2.24, 2.45) is 0 Å². The highest BCUT2D eigenvalue weighted by molar-refractivity contribution is 7.99. The average Bonchev–Trinajstić information content (AvgIpc) is 3.89. The maximum Gasteiger partial charge on any atom is 0.132 e. The van der Waals surface area contributed by atoms with E-state index in [0.29, 0.717) is 0 Å². The van der Waals surface area contributed by atoms with Gasteiger partial charge < -0.3 is 9.64 Å². The number of benzene rings is 11. The van der Waals surface area contributed by atoms with Gasteiger partial charge in [-0.2, -0.15) is 0 Å². The van der Waals surface area contributed by atoms with Crippen molar-refractivity contribution >= 4 is 28.8 Å². The summed E-state index contributed by atoms with van der Waals surface area (Å²) in [5, 5.41) is 0. The predicted octanol–water partition coefficient (Wildman–Crippen LogP) is 17.8. The fourth-order valence-corrected chi connectivity index (χ4v) is 13.9. The van der Waals surface area contributed by atoms with Crippen LogP contribution in [0.5, 0.6) is 11.5 Å². The molecule has 0 saturated heterocycles. The Morgan fingerprint density at radius 3 is 1.21 bits per heavy atom. The Morgan fingerprint density at radius 1 is 0.268 bits per heavy atom. The first kappa shape index (κ1) is 40.3. The topological polar surface area (TPSA) is 12.5 Å². The Kier molecular flexibility index (Phi) is 8.76. The van der Waals surface area contributed by atoms with Crippen molar-refractivity contribution in [2.75, 3.05) is 4.90 Å². The summed E-state index contributed by atoms with van der Waals surface area (Å²) in [4.78, 5) is 5.08. The van der Waals surface area contributed by atoms with Gasteiger partial charge >= 0.3 is 0 Å². The zero-order valence-corrected chi connectivity index (χ0v) is 39.4. The number of ether oxygens (including phenoxy) is 1. The first-order valence-corrected chi connectivity index (χ1v) is 25.3. The van der Waals surface area contributed by atoms with Gasteiger partial charge in [0, 0.05) is 38.0 Å². The summed E-state index contributed by atoms with van der Waals surface area (Å²) >= 11 is 1.88. The largest absolute Gasteiger partial charge is 0.457 e. The van der Waals surface area contributed by atoms with Crippen LogP contribution in [-0.4, -0.2) is 0 Å². The van der Waals surface area contributed by atoms with Crippen LogP contribution < -0.4 is 9.64 Å². The molecule has 2 aliphatic heterocycles. The molecule has 4 aliphatic rings. The number of nitrogens with zero attached hydrogens (tertiary/aromatic N) is 1. The van der Waals surface area contributed by atoms with Crippen LogP contribution in [0.15, 0.2) is 271 Å². The van der Waals surface area contributed by atoms with Crippen molar-refractivity contribution in [3.63, 3.8) is 0 Å². The Balaban J connectivity index is 0.975.